The van der Waals surface area contributed by atoms with E-state index in [4.69, 9.17) is 5.11 Å². The summed E-state index contributed by atoms with van der Waals surface area (Å²) in [5.74, 6) is -2.18. The molecule has 0 saturated heterocycles. The van der Waals surface area contributed by atoms with Gasteiger partial charge < -0.3 is 15.5 Å². The number of hydrogen-bond donors (Lipinski definition) is 4. The first-order valence-corrected chi connectivity index (χ1v) is 8.24. The average Bonchev–Trinajstić information content (AvgIpc) is 3.13. The Kier molecular flexibility index (Phi) is 4.89. The molecule has 2 aromatic heterocycles. The number of aromatic nitrogens is 3. The van der Waals surface area contributed by atoms with Crippen molar-refractivity contribution >= 4 is 11.9 Å². The monoisotopic (exact) mass is 367 g/mol. The first-order chi connectivity index (χ1) is 12.9. The van der Waals surface area contributed by atoms with Gasteiger partial charge in [-0.15, -0.1) is 0 Å². The summed E-state index contributed by atoms with van der Waals surface area (Å²) in [6.45, 7) is 2.87. The molecule has 0 aliphatic heterocycles. The molecule has 8 heteroatoms. The fourth-order valence-electron chi connectivity index (χ4n) is 2.89. The van der Waals surface area contributed by atoms with E-state index in [2.05, 4.69) is 15.4 Å². The molecule has 1 amide bonds. The Hall–Kier alpha value is -3.68. The van der Waals surface area contributed by atoms with E-state index < -0.39 is 18.4 Å². The minimum Gasteiger partial charge on any atom is -0.505 e. The summed E-state index contributed by atoms with van der Waals surface area (Å²) in [5, 5.41) is 24.4. The van der Waals surface area contributed by atoms with Crippen molar-refractivity contribution in [2.45, 2.75) is 13.8 Å². The highest BCUT2D eigenvalue weighted by atomic mass is 16.4. The van der Waals surface area contributed by atoms with Gasteiger partial charge in [-0.2, -0.15) is 5.10 Å². The van der Waals surface area contributed by atoms with Crippen molar-refractivity contribution in [3.63, 3.8) is 0 Å². The van der Waals surface area contributed by atoms with E-state index >= 15 is 0 Å². The maximum atomic E-state index is 12.1. The van der Waals surface area contributed by atoms with Gasteiger partial charge in [0.2, 0.25) is 11.9 Å². The molecule has 3 aromatic rings. The van der Waals surface area contributed by atoms with Crippen LogP contribution in [0.3, 0.4) is 0 Å². The number of rotatable bonds is 5. The van der Waals surface area contributed by atoms with Crippen LogP contribution in [-0.2, 0) is 4.79 Å². The zero-order valence-electron chi connectivity index (χ0n) is 14.9. The van der Waals surface area contributed by atoms with Gasteiger partial charge in [-0.3, -0.25) is 9.59 Å². The number of benzene rings is 1. The first-order valence-electron chi connectivity index (χ1n) is 8.24. The van der Waals surface area contributed by atoms with Crippen molar-refractivity contribution in [2.75, 3.05) is 6.54 Å². The number of para-hydroxylation sites is 1. The largest absolute Gasteiger partial charge is 0.505 e. The molecule has 4 N–H and O–H groups in total. The first kappa shape index (κ1) is 18.1. The highest BCUT2D eigenvalue weighted by Crippen LogP contribution is 2.33. The maximum Gasteiger partial charge on any atom is 0.322 e. The summed E-state index contributed by atoms with van der Waals surface area (Å²) in [4.78, 5) is 26.9. The van der Waals surface area contributed by atoms with Gasteiger partial charge in [-0.1, -0.05) is 22.9 Å². The molecule has 0 aliphatic carbocycles. The molecule has 1 aromatic carbocycles. The molecule has 0 bridgehead atoms. The summed E-state index contributed by atoms with van der Waals surface area (Å²) in [7, 11) is 0. The van der Waals surface area contributed by atoms with Crippen LogP contribution in [-0.4, -0.2) is 38.7 Å². The molecule has 0 radical (unpaired) electrons. The molecule has 0 unspecified atom stereocenters. The second kappa shape index (κ2) is 7.28. The normalized spacial score (nSPS) is 10.6. The molecule has 0 spiro atoms. The van der Waals surface area contributed by atoms with Crippen LogP contribution in [0.5, 0.6) is 5.75 Å². The van der Waals surface area contributed by atoms with Crippen LogP contribution < -0.4 is 10.00 Å². The molecule has 0 atom stereocenters. The minimum absolute atomic E-state index is 0.193. The van der Waals surface area contributed by atoms with Crippen LogP contribution in [0.15, 0.2) is 42.7 Å². The zero-order chi connectivity index (χ0) is 19.6. The predicted molar refractivity (Wildman–Crippen MR) is 96.7 cm³/mol. The molecule has 3 rings (SSSR count). The van der Waals surface area contributed by atoms with Crippen LogP contribution >= 0.6 is 0 Å². The van der Waals surface area contributed by atoms with Crippen LogP contribution in [0, 0.1) is 13.8 Å². The quantitative estimate of drug-likeness (QED) is 0.510. The number of aromatic hydroxyl groups is 1. The number of carboxylic acids is 1. The van der Waals surface area contributed by atoms with Gasteiger partial charge in [0.15, 0.2) is 5.69 Å². The summed E-state index contributed by atoms with van der Waals surface area (Å²) in [6, 6.07) is 9.68. The third kappa shape index (κ3) is 3.64. The van der Waals surface area contributed by atoms with Crippen molar-refractivity contribution in [1.82, 2.24) is 15.4 Å². The van der Waals surface area contributed by atoms with Crippen LogP contribution in [0.2, 0.25) is 0 Å². The second-order valence-corrected chi connectivity index (χ2v) is 6.03. The van der Waals surface area contributed by atoms with E-state index in [1.165, 1.54) is 0 Å². The molecule has 8 nitrogen and oxygen atoms in total. The predicted octanol–water partition coefficient (Wildman–Crippen LogP) is 1.49. The second-order valence-electron chi connectivity index (χ2n) is 6.03. The zero-order valence-corrected chi connectivity index (χ0v) is 14.9. The summed E-state index contributed by atoms with van der Waals surface area (Å²) < 4.78 is 1.83. The molecular weight excluding hydrogens is 348 g/mol. The van der Waals surface area contributed by atoms with E-state index in [9.17, 15) is 14.7 Å². The fraction of sp³-hybridized carbons (Fsp3) is 0.158. The van der Waals surface area contributed by atoms with Gasteiger partial charge in [0, 0.05) is 29.0 Å². The number of hydrogen-bond acceptors (Lipinski definition) is 4. The number of carbonyl (C=O) groups is 2. The van der Waals surface area contributed by atoms with Gasteiger partial charge >= 0.3 is 5.97 Å². The smallest absolute Gasteiger partial charge is 0.322 e. The van der Waals surface area contributed by atoms with Crippen molar-refractivity contribution in [2.24, 2.45) is 0 Å². The van der Waals surface area contributed by atoms with E-state index in [-0.39, 0.29) is 11.4 Å². The standard InChI is InChI=1S/C19H18N4O4/c1-11-16(13-8-21-23(10-13)14-6-4-3-5-7-14)12(2)22-17(18(11)26)19(27)20-9-15(24)25/h3-8,10H,9H2,1-2H3,(H3,20,24,25,26,27)/p+1. The number of carboxylic acid groups (broad SMARTS) is 1. The Labute approximate surface area is 155 Å². The van der Waals surface area contributed by atoms with Gasteiger partial charge in [0.25, 0.3) is 5.91 Å². The molecule has 2 heterocycles. The lowest BCUT2D eigenvalue weighted by molar-refractivity contribution is -0.655. The number of carbonyl (C=O) groups excluding carboxylic acids is 1. The maximum absolute atomic E-state index is 12.1. The third-order valence-corrected chi connectivity index (χ3v) is 4.16. The Bertz CT molecular complexity index is 1010. The fourth-order valence-corrected chi connectivity index (χ4v) is 2.89. The lowest BCUT2D eigenvalue weighted by atomic mass is 10.00. The summed E-state index contributed by atoms with van der Waals surface area (Å²) in [5.41, 5.74) is 3.29. The molecule has 138 valence electrons. The molecule has 27 heavy (non-hydrogen) atoms. The van der Waals surface area contributed by atoms with Gasteiger partial charge in [-0.25, -0.2) is 4.98 Å². The average molecular weight is 367 g/mol. The minimum atomic E-state index is -1.18. The highest BCUT2D eigenvalue weighted by molar-refractivity contribution is 5.97. The number of nitrogens with one attached hydrogen (secondary N) is 2. The lowest BCUT2D eigenvalue weighted by Gasteiger charge is -2.12. The molecular formula is C19H19N4O4+. The van der Waals surface area contributed by atoms with Gasteiger partial charge in [0.05, 0.1) is 11.8 Å². The van der Waals surface area contributed by atoms with Crippen molar-refractivity contribution < 1.29 is 24.5 Å². The van der Waals surface area contributed by atoms with Gasteiger partial charge in [-0.05, 0) is 13.8 Å². The van der Waals surface area contributed by atoms with E-state index in [1.54, 1.807) is 20.0 Å². The molecule has 0 fully saturated rings. The van der Waals surface area contributed by atoms with Crippen molar-refractivity contribution in [1.29, 1.82) is 0 Å². The number of amides is 1. The summed E-state index contributed by atoms with van der Waals surface area (Å²) in [6.07, 6.45) is 3.66. The molecule has 0 saturated carbocycles. The highest BCUT2D eigenvalue weighted by Gasteiger charge is 2.23. The van der Waals surface area contributed by atoms with Gasteiger partial charge in [0.1, 0.15) is 12.3 Å². The Balaban J connectivity index is 1.98. The third-order valence-electron chi connectivity index (χ3n) is 4.16. The van der Waals surface area contributed by atoms with E-state index in [0.29, 0.717) is 16.8 Å². The van der Waals surface area contributed by atoms with Crippen LogP contribution in [0.4, 0.5) is 0 Å². The lowest BCUT2D eigenvalue weighted by Crippen LogP contribution is -2.31. The number of aryl methyl sites for hydroxylation is 1. The Morgan fingerprint density at radius 2 is 1.93 bits per heavy atom. The molecule has 0 aliphatic rings. The van der Waals surface area contributed by atoms with Crippen LogP contribution in [0.1, 0.15) is 21.7 Å². The number of aliphatic carboxylic acids is 1. The topological polar surface area (TPSA) is 119 Å². The Morgan fingerprint density at radius 1 is 1.22 bits per heavy atom. The van der Waals surface area contributed by atoms with Crippen molar-refractivity contribution in [3.05, 3.63) is 59.7 Å². The number of aromatic amines is 1. The van der Waals surface area contributed by atoms with E-state index in [0.717, 1.165) is 11.3 Å². The van der Waals surface area contributed by atoms with Crippen molar-refractivity contribution in [3.8, 4) is 22.6 Å². The van der Waals surface area contributed by atoms with Crippen LogP contribution in [0.25, 0.3) is 16.8 Å². The SMILES string of the molecule is Cc1nc(C(=O)NCC(=O)O)c(O)c(C)c1-c1c[nH][n+](-c2ccccc2)c1. The number of nitrogens with zero attached hydrogens (tertiary/aromatic N) is 2. The number of H-pyrrole nitrogens is 1. The summed E-state index contributed by atoms with van der Waals surface area (Å²) >= 11 is 0. The number of pyridine rings is 1. The Morgan fingerprint density at radius 3 is 2.59 bits per heavy atom. The van der Waals surface area contributed by atoms with E-state index in [1.807, 2.05) is 41.2 Å².